The summed E-state index contributed by atoms with van der Waals surface area (Å²) in [6.07, 6.45) is 0. The standard InChI is InChI=1S/C21H27N3O4S/c1-16-4-10-20(11-5-16)29(26,27)22-17(2)21(25)24-14-12-23(13-15-24)18-6-8-19(28-3)9-7-18/h4-11,17,22H,12-15H2,1-3H3/t17-/m1/s1. The molecule has 2 aromatic rings. The monoisotopic (exact) mass is 417 g/mol. The van der Waals surface area contributed by atoms with Crippen molar-refractivity contribution >= 4 is 21.6 Å². The minimum Gasteiger partial charge on any atom is -0.497 e. The first-order chi connectivity index (χ1) is 13.8. The van der Waals surface area contributed by atoms with Gasteiger partial charge in [-0.3, -0.25) is 4.79 Å². The Balaban J connectivity index is 1.57. The smallest absolute Gasteiger partial charge is 0.241 e. The first-order valence-electron chi connectivity index (χ1n) is 9.57. The first kappa shape index (κ1) is 21.1. The van der Waals surface area contributed by atoms with Crippen LogP contribution in [0.15, 0.2) is 53.4 Å². The number of hydrogen-bond donors (Lipinski definition) is 1. The number of aryl methyl sites for hydroxylation is 1. The lowest BCUT2D eigenvalue weighted by Crippen LogP contribution is -2.54. The first-order valence-corrected chi connectivity index (χ1v) is 11.1. The normalized spacial score (nSPS) is 15.8. The lowest BCUT2D eigenvalue weighted by Gasteiger charge is -2.37. The van der Waals surface area contributed by atoms with E-state index >= 15 is 0 Å². The lowest BCUT2D eigenvalue weighted by atomic mass is 10.2. The number of hydrogen-bond acceptors (Lipinski definition) is 5. The van der Waals surface area contributed by atoms with Gasteiger partial charge in [0, 0.05) is 31.9 Å². The summed E-state index contributed by atoms with van der Waals surface area (Å²) >= 11 is 0. The van der Waals surface area contributed by atoms with Crippen LogP contribution >= 0.6 is 0 Å². The van der Waals surface area contributed by atoms with E-state index < -0.39 is 16.1 Å². The molecule has 7 nitrogen and oxygen atoms in total. The number of sulfonamides is 1. The zero-order chi connectivity index (χ0) is 21.0. The summed E-state index contributed by atoms with van der Waals surface area (Å²) in [5.41, 5.74) is 2.05. The van der Waals surface area contributed by atoms with Crippen molar-refractivity contribution < 1.29 is 17.9 Å². The number of benzene rings is 2. The van der Waals surface area contributed by atoms with Gasteiger partial charge in [0.15, 0.2) is 0 Å². The molecular weight excluding hydrogens is 390 g/mol. The minimum atomic E-state index is -3.74. The minimum absolute atomic E-state index is 0.159. The van der Waals surface area contributed by atoms with E-state index in [1.807, 2.05) is 31.2 Å². The second-order valence-corrected chi connectivity index (χ2v) is 8.88. The van der Waals surface area contributed by atoms with Crippen molar-refractivity contribution in [1.29, 1.82) is 0 Å². The maximum atomic E-state index is 12.8. The van der Waals surface area contributed by atoms with Gasteiger partial charge >= 0.3 is 0 Å². The molecule has 1 aliphatic heterocycles. The summed E-state index contributed by atoms with van der Waals surface area (Å²) in [6, 6.07) is 13.5. The van der Waals surface area contributed by atoms with Crippen LogP contribution in [-0.4, -0.2) is 58.6 Å². The number of rotatable bonds is 6. The Morgan fingerprint density at radius 2 is 1.59 bits per heavy atom. The Bertz CT molecular complexity index is 935. The molecule has 1 heterocycles. The number of nitrogens with one attached hydrogen (secondary N) is 1. The number of methoxy groups -OCH3 is 1. The average molecular weight is 418 g/mol. The molecule has 3 rings (SSSR count). The van der Waals surface area contributed by atoms with Gasteiger partial charge in [0.1, 0.15) is 5.75 Å². The third-order valence-corrected chi connectivity index (χ3v) is 6.62. The molecule has 1 aliphatic rings. The molecule has 0 spiro atoms. The molecule has 0 radical (unpaired) electrons. The van der Waals surface area contributed by atoms with Crippen LogP contribution in [0.2, 0.25) is 0 Å². The van der Waals surface area contributed by atoms with Crippen LogP contribution in [0, 0.1) is 6.92 Å². The van der Waals surface area contributed by atoms with Crippen molar-refractivity contribution in [3.63, 3.8) is 0 Å². The van der Waals surface area contributed by atoms with E-state index in [9.17, 15) is 13.2 Å². The van der Waals surface area contributed by atoms with Crippen molar-refractivity contribution in [2.24, 2.45) is 0 Å². The van der Waals surface area contributed by atoms with E-state index in [0.29, 0.717) is 26.2 Å². The van der Waals surface area contributed by atoms with Crippen molar-refractivity contribution in [1.82, 2.24) is 9.62 Å². The summed E-state index contributed by atoms with van der Waals surface area (Å²) in [4.78, 5) is 16.8. The molecule has 0 aliphatic carbocycles. The second kappa shape index (κ2) is 8.84. The fourth-order valence-corrected chi connectivity index (χ4v) is 4.52. The molecule has 8 heteroatoms. The zero-order valence-corrected chi connectivity index (χ0v) is 17.8. The predicted molar refractivity (Wildman–Crippen MR) is 113 cm³/mol. The predicted octanol–water partition coefficient (Wildman–Crippen LogP) is 2.02. The third-order valence-electron chi connectivity index (χ3n) is 5.06. The van der Waals surface area contributed by atoms with Gasteiger partial charge in [0.2, 0.25) is 15.9 Å². The summed E-state index contributed by atoms with van der Waals surface area (Å²) in [5.74, 6) is 0.590. The summed E-state index contributed by atoms with van der Waals surface area (Å²) < 4.78 is 32.7. The Morgan fingerprint density at radius 1 is 1.00 bits per heavy atom. The summed E-state index contributed by atoms with van der Waals surface area (Å²) in [6.45, 7) is 5.94. The summed E-state index contributed by atoms with van der Waals surface area (Å²) in [7, 11) is -2.11. The molecule has 1 amide bonds. The maximum absolute atomic E-state index is 12.8. The quantitative estimate of drug-likeness (QED) is 0.778. The van der Waals surface area contributed by atoms with E-state index in [1.165, 1.54) is 0 Å². The van der Waals surface area contributed by atoms with Crippen LogP contribution < -0.4 is 14.4 Å². The number of ether oxygens (including phenoxy) is 1. The molecule has 0 bridgehead atoms. The lowest BCUT2D eigenvalue weighted by molar-refractivity contribution is -0.132. The third kappa shape index (κ3) is 5.07. The van der Waals surface area contributed by atoms with Gasteiger partial charge in [0.05, 0.1) is 18.0 Å². The van der Waals surface area contributed by atoms with Gasteiger partial charge in [-0.25, -0.2) is 8.42 Å². The SMILES string of the molecule is COc1ccc(N2CCN(C(=O)[C@@H](C)NS(=O)(=O)c3ccc(C)cc3)CC2)cc1. The zero-order valence-electron chi connectivity index (χ0n) is 17.0. The Kier molecular flexibility index (Phi) is 6.44. The van der Waals surface area contributed by atoms with E-state index in [4.69, 9.17) is 4.74 Å². The van der Waals surface area contributed by atoms with E-state index in [1.54, 1.807) is 43.2 Å². The highest BCUT2D eigenvalue weighted by atomic mass is 32.2. The van der Waals surface area contributed by atoms with Crippen molar-refractivity contribution in [2.45, 2.75) is 24.8 Å². The van der Waals surface area contributed by atoms with E-state index in [2.05, 4.69) is 9.62 Å². The van der Waals surface area contributed by atoms with Crippen LogP contribution in [-0.2, 0) is 14.8 Å². The van der Waals surface area contributed by atoms with Crippen molar-refractivity contribution in [3.8, 4) is 5.75 Å². The Hall–Kier alpha value is -2.58. The number of piperazine rings is 1. The van der Waals surface area contributed by atoms with Gasteiger partial charge < -0.3 is 14.5 Å². The number of carbonyl (C=O) groups is 1. The second-order valence-electron chi connectivity index (χ2n) is 7.17. The van der Waals surface area contributed by atoms with Crippen molar-refractivity contribution in [2.75, 3.05) is 38.2 Å². The van der Waals surface area contributed by atoms with Crippen LogP contribution in [0.3, 0.4) is 0 Å². The summed E-state index contributed by atoms with van der Waals surface area (Å²) in [5, 5.41) is 0. The molecular formula is C21H27N3O4S. The maximum Gasteiger partial charge on any atom is 0.241 e. The Labute approximate surface area is 172 Å². The molecule has 0 aromatic heterocycles. The highest BCUT2D eigenvalue weighted by molar-refractivity contribution is 7.89. The van der Waals surface area contributed by atoms with Crippen LogP contribution in [0.1, 0.15) is 12.5 Å². The molecule has 0 unspecified atom stereocenters. The number of nitrogens with zero attached hydrogens (tertiary/aromatic N) is 2. The van der Waals surface area contributed by atoms with Crippen LogP contribution in [0.25, 0.3) is 0 Å². The average Bonchev–Trinajstić information content (AvgIpc) is 2.73. The van der Waals surface area contributed by atoms with Gasteiger partial charge in [-0.2, -0.15) is 4.72 Å². The van der Waals surface area contributed by atoms with Gasteiger partial charge in [0.25, 0.3) is 0 Å². The van der Waals surface area contributed by atoms with Crippen molar-refractivity contribution in [3.05, 3.63) is 54.1 Å². The fourth-order valence-electron chi connectivity index (χ4n) is 3.32. The fraction of sp³-hybridized carbons (Fsp3) is 0.381. The van der Waals surface area contributed by atoms with Crippen LogP contribution in [0.5, 0.6) is 5.75 Å². The molecule has 2 aromatic carbocycles. The molecule has 1 N–H and O–H groups in total. The molecule has 29 heavy (non-hydrogen) atoms. The van der Waals surface area contributed by atoms with Gasteiger partial charge in [-0.05, 0) is 50.2 Å². The highest BCUT2D eigenvalue weighted by Crippen LogP contribution is 2.21. The van der Waals surface area contributed by atoms with Gasteiger partial charge in [-0.15, -0.1) is 0 Å². The number of anilines is 1. The van der Waals surface area contributed by atoms with E-state index in [0.717, 1.165) is 17.0 Å². The van der Waals surface area contributed by atoms with E-state index in [-0.39, 0.29) is 10.8 Å². The molecule has 1 fully saturated rings. The number of carbonyl (C=O) groups excluding carboxylic acids is 1. The largest absolute Gasteiger partial charge is 0.497 e. The Morgan fingerprint density at radius 3 is 2.14 bits per heavy atom. The molecule has 156 valence electrons. The molecule has 1 atom stereocenters. The number of amides is 1. The molecule has 0 saturated carbocycles. The van der Waals surface area contributed by atoms with Gasteiger partial charge in [-0.1, -0.05) is 17.7 Å². The highest BCUT2D eigenvalue weighted by Gasteiger charge is 2.28. The van der Waals surface area contributed by atoms with Crippen LogP contribution in [0.4, 0.5) is 5.69 Å². The molecule has 1 saturated heterocycles. The topological polar surface area (TPSA) is 79.0 Å².